The molecule has 1 amide bonds. The van der Waals surface area contributed by atoms with Gasteiger partial charge >= 0.3 is 0 Å². The lowest BCUT2D eigenvalue weighted by Gasteiger charge is -2.25. The van der Waals surface area contributed by atoms with Gasteiger partial charge in [-0.25, -0.2) is 4.98 Å². The zero-order valence-electron chi connectivity index (χ0n) is 14.6. The summed E-state index contributed by atoms with van der Waals surface area (Å²) < 4.78 is 0. The average Bonchev–Trinajstić information content (AvgIpc) is 3.48. The molecule has 5 heteroatoms. The fourth-order valence-corrected chi connectivity index (χ4v) is 3.42. The van der Waals surface area contributed by atoms with Gasteiger partial charge in [0.05, 0.1) is 6.04 Å². The largest absolute Gasteiger partial charge is 0.343 e. The summed E-state index contributed by atoms with van der Waals surface area (Å²) in [5.74, 6) is 0.876. The van der Waals surface area contributed by atoms with Crippen LogP contribution in [-0.4, -0.2) is 15.9 Å². The third-order valence-electron chi connectivity index (χ3n) is 5.42. The molecule has 2 aromatic rings. The van der Waals surface area contributed by atoms with E-state index in [-0.39, 0.29) is 28.6 Å². The van der Waals surface area contributed by atoms with E-state index < -0.39 is 0 Å². The highest BCUT2D eigenvalue weighted by Crippen LogP contribution is 2.54. The summed E-state index contributed by atoms with van der Waals surface area (Å²) in [6.07, 6.45) is 4.74. The number of aromatic nitrogens is 2. The number of rotatable bonds is 5. The molecule has 4 rings (SSSR count). The molecule has 0 radical (unpaired) electrons. The van der Waals surface area contributed by atoms with Gasteiger partial charge in [-0.1, -0.05) is 31.2 Å². The number of hydrogen-bond donors (Lipinski definition) is 2. The Morgan fingerprint density at radius 1 is 1.28 bits per heavy atom. The SMILES string of the molecule is Cc1nc(C(=O)NC(c2ccc(C3CC3)cc2)C2(C)CC2)cc(=O)[nH]1. The van der Waals surface area contributed by atoms with E-state index >= 15 is 0 Å². The summed E-state index contributed by atoms with van der Waals surface area (Å²) in [5, 5.41) is 3.12. The van der Waals surface area contributed by atoms with Gasteiger partial charge in [0.25, 0.3) is 11.5 Å². The summed E-state index contributed by atoms with van der Waals surface area (Å²) in [6, 6.07) is 9.85. The number of benzene rings is 1. The van der Waals surface area contributed by atoms with Crippen molar-refractivity contribution < 1.29 is 4.79 Å². The Bertz CT molecular complexity index is 861. The normalized spacial score (nSPS) is 19.3. The Hall–Kier alpha value is -2.43. The van der Waals surface area contributed by atoms with E-state index in [1.807, 2.05) is 0 Å². The van der Waals surface area contributed by atoms with Crippen LogP contribution in [0.25, 0.3) is 0 Å². The van der Waals surface area contributed by atoms with Gasteiger partial charge in [-0.2, -0.15) is 0 Å². The number of hydrogen-bond acceptors (Lipinski definition) is 3. The first-order valence-electron chi connectivity index (χ1n) is 8.93. The summed E-state index contributed by atoms with van der Waals surface area (Å²) in [4.78, 5) is 31.0. The maximum Gasteiger partial charge on any atom is 0.270 e. The van der Waals surface area contributed by atoms with Gasteiger partial charge in [-0.3, -0.25) is 9.59 Å². The summed E-state index contributed by atoms with van der Waals surface area (Å²) in [5.41, 5.74) is 2.46. The van der Waals surface area contributed by atoms with E-state index in [0.29, 0.717) is 5.82 Å². The predicted molar refractivity (Wildman–Crippen MR) is 95.6 cm³/mol. The highest BCUT2D eigenvalue weighted by atomic mass is 16.2. The van der Waals surface area contributed by atoms with Crippen LogP contribution in [-0.2, 0) is 0 Å². The van der Waals surface area contributed by atoms with Gasteiger partial charge in [0.1, 0.15) is 11.5 Å². The van der Waals surface area contributed by atoms with Crippen LogP contribution in [0.4, 0.5) is 0 Å². The Morgan fingerprint density at radius 3 is 2.52 bits per heavy atom. The molecule has 1 aromatic carbocycles. The molecule has 0 saturated heterocycles. The second-order valence-electron chi connectivity index (χ2n) is 7.72. The van der Waals surface area contributed by atoms with E-state index in [1.54, 1.807) is 6.92 Å². The lowest BCUT2D eigenvalue weighted by Crippen LogP contribution is -2.34. The molecule has 25 heavy (non-hydrogen) atoms. The second-order valence-corrected chi connectivity index (χ2v) is 7.72. The fourth-order valence-electron chi connectivity index (χ4n) is 3.42. The van der Waals surface area contributed by atoms with Crippen molar-refractivity contribution in [3.63, 3.8) is 0 Å². The molecule has 1 aromatic heterocycles. The Morgan fingerprint density at radius 2 is 1.96 bits per heavy atom. The van der Waals surface area contributed by atoms with Crippen molar-refractivity contribution in [3.05, 3.63) is 63.3 Å². The van der Waals surface area contributed by atoms with E-state index in [1.165, 1.54) is 24.5 Å². The smallest absolute Gasteiger partial charge is 0.270 e. The molecule has 2 aliphatic carbocycles. The van der Waals surface area contributed by atoms with Crippen LogP contribution < -0.4 is 10.9 Å². The molecule has 0 bridgehead atoms. The van der Waals surface area contributed by atoms with Crippen LogP contribution in [0.3, 0.4) is 0 Å². The number of nitrogens with one attached hydrogen (secondary N) is 2. The molecule has 0 spiro atoms. The zero-order chi connectivity index (χ0) is 17.6. The van der Waals surface area contributed by atoms with Crippen molar-refractivity contribution in [1.29, 1.82) is 0 Å². The van der Waals surface area contributed by atoms with Gasteiger partial charge in [-0.15, -0.1) is 0 Å². The first-order valence-corrected chi connectivity index (χ1v) is 8.93. The molecule has 1 atom stereocenters. The van der Waals surface area contributed by atoms with E-state index in [0.717, 1.165) is 24.3 Å². The molecular weight excluding hydrogens is 314 g/mol. The predicted octanol–water partition coefficient (Wildman–Crippen LogP) is 3.23. The molecular formula is C20H23N3O2. The molecule has 0 aliphatic heterocycles. The molecule has 1 heterocycles. The van der Waals surface area contributed by atoms with Crippen LogP contribution in [0.5, 0.6) is 0 Å². The van der Waals surface area contributed by atoms with Crippen molar-refractivity contribution in [1.82, 2.24) is 15.3 Å². The van der Waals surface area contributed by atoms with Gasteiger partial charge in [0, 0.05) is 6.07 Å². The Kier molecular flexibility index (Phi) is 3.74. The highest BCUT2D eigenvalue weighted by Gasteiger charge is 2.46. The number of aromatic amines is 1. The summed E-state index contributed by atoms with van der Waals surface area (Å²) in [7, 11) is 0. The lowest BCUT2D eigenvalue weighted by atomic mass is 9.90. The van der Waals surface area contributed by atoms with Crippen LogP contribution in [0, 0.1) is 12.3 Å². The summed E-state index contributed by atoms with van der Waals surface area (Å²) in [6.45, 7) is 3.87. The first kappa shape index (κ1) is 16.1. The zero-order valence-corrected chi connectivity index (χ0v) is 14.6. The fraction of sp³-hybridized carbons (Fsp3) is 0.450. The first-order chi connectivity index (χ1) is 11.9. The molecule has 130 valence electrons. The maximum absolute atomic E-state index is 12.7. The number of carbonyl (C=O) groups excluding carboxylic acids is 1. The van der Waals surface area contributed by atoms with E-state index in [4.69, 9.17) is 0 Å². The lowest BCUT2D eigenvalue weighted by molar-refractivity contribution is 0.0913. The van der Waals surface area contributed by atoms with Crippen molar-refractivity contribution in [2.75, 3.05) is 0 Å². The molecule has 5 nitrogen and oxygen atoms in total. The monoisotopic (exact) mass is 337 g/mol. The third-order valence-corrected chi connectivity index (χ3v) is 5.42. The van der Waals surface area contributed by atoms with Gasteiger partial charge < -0.3 is 10.3 Å². The number of nitrogens with zero attached hydrogens (tertiary/aromatic N) is 1. The molecule has 2 N–H and O–H groups in total. The quantitative estimate of drug-likeness (QED) is 0.879. The molecule has 1 unspecified atom stereocenters. The minimum Gasteiger partial charge on any atom is -0.343 e. The third kappa shape index (κ3) is 3.36. The van der Waals surface area contributed by atoms with Gasteiger partial charge in [-0.05, 0) is 55.1 Å². The Balaban J connectivity index is 1.59. The van der Waals surface area contributed by atoms with Crippen LogP contribution in [0.15, 0.2) is 35.1 Å². The highest BCUT2D eigenvalue weighted by molar-refractivity contribution is 5.92. The number of H-pyrrole nitrogens is 1. The van der Waals surface area contributed by atoms with Gasteiger partial charge in [0.2, 0.25) is 0 Å². The van der Waals surface area contributed by atoms with E-state index in [2.05, 4.69) is 46.5 Å². The topological polar surface area (TPSA) is 74.8 Å². The van der Waals surface area contributed by atoms with Crippen LogP contribution in [0.2, 0.25) is 0 Å². The Labute approximate surface area is 146 Å². The molecule has 2 aliphatic rings. The van der Waals surface area contributed by atoms with Crippen molar-refractivity contribution in [2.24, 2.45) is 5.41 Å². The second kappa shape index (κ2) is 5.83. The van der Waals surface area contributed by atoms with Crippen LogP contribution >= 0.6 is 0 Å². The van der Waals surface area contributed by atoms with Crippen molar-refractivity contribution in [2.45, 2.75) is 51.5 Å². The average molecular weight is 337 g/mol. The maximum atomic E-state index is 12.7. The minimum absolute atomic E-state index is 0.0605. The molecule has 2 fully saturated rings. The standard InChI is InChI=1S/C20H23N3O2/c1-12-21-16(11-17(24)22-12)19(25)23-18(20(2)9-10-20)15-7-5-14(6-8-15)13-3-4-13/h5-8,11,13,18H,3-4,9-10H2,1-2H3,(H,23,25)(H,21,22,24). The summed E-state index contributed by atoms with van der Waals surface area (Å²) >= 11 is 0. The minimum atomic E-state index is -0.305. The number of amides is 1. The molecule has 2 saturated carbocycles. The van der Waals surface area contributed by atoms with E-state index in [9.17, 15) is 9.59 Å². The van der Waals surface area contributed by atoms with Crippen LogP contribution in [0.1, 0.15) is 72.0 Å². The number of carbonyl (C=O) groups is 1. The number of aryl methyl sites for hydroxylation is 1. The van der Waals surface area contributed by atoms with Crippen molar-refractivity contribution in [3.8, 4) is 0 Å². The van der Waals surface area contributed by atoms with Gasteiger partial charge in [0.15, 0.2) is 0 Å². The van der Waals surface area contributed by atoms with Crippen molar-refractivity contribution >= 4 is 5.91 Å².